The molecule has 0 bridgehead atoms. The second kappa shape index (κ2) is 5.36. The highest BCUT2D eigenvalue weighted by Crippen LogP contribution is 2.19. The molecule has 1 fully saturated rings. The lowest BCUT2D eigenvalue weighted by molar-refractivity contribution is -0.168. The summed E-state index contributed by atoms with van der Waals surface area (Å²) in [6.45, 7) is 11.4. The largest absolute Gasteiger partial charge is 0.459 e. The van der Waals surface area contributed by atoms with Crippen LogP contribution in [0.2, 0.25) is 0 Å². The van der Waals surface area contributed by atoms with Crippen LogP contribution in [0.1, 0.15) is 48.0 Å². The van der Waals surface area contributed by atoms with Gasteiger partial charge in [-0.05, 0) is 48.0 Å². The molecule has 6 heteroatoms. The average Bonchev–Trinajstić information content (AvgIpc) is 2.05. The van der Waals surface area contributed by atoms with Crippen molar-refractivity contribution >= 4 is 12.1 Å². The maximum Gasteiger partial charge on any atom is 0.422 e. The summed E-state index contributed by atoms with van der Waals surface area (Å²) in [5, 5.41) is 1.54. The Morgan fingerprint density at radius 2 is 1.58 bits per heavy atom. The molecule has 1 saturated heterocycles. The average molecular weight is 272 g/mol. The summed E-state index contributed by atoms with van der Waals surface area (Å²) in [6.07, 6.45) is 0.116. The summed E-state index contributed by atoms with van der Waals surface area (Å²) in [7, 11) is 0. The molecule has 0 spiro atoms. The van der Waals surface area contributed by atoms with Crippen molar-refractivity contribution in [1.82, 2.24) is 10.4 Å². The zero-order valence-electron chi connectivity index (χ0n) is 12.6. The number of amides is 1. The van der Waals surface area contributed by atoms with Gasteiger partial charge >= 0.3 is 12.1 Å². The third kappa shape index (κ3) is 5.46. The number of carbonyl (C=O) groups is 2. The molecule has 110 valence electrons. The molecule has 0 aromatic heterocycles. The molecule has 0 aromatic carbocycles. The summed E-state index contributed by atoms with van der Waals surface area (Å²) in [5.41, 5.74) is 1.48. The molecule has 0 aliphatic carbocycles. The number of nitrogens with zero attached hydrogens (tertiary/aromatic N) is 1. The molecule has 1 N–H and O–H groups in total. The lowest BCUT2D eigenvalue weighted by Crippen LogP contribution is -2.61. The third-order valence-electron chi connectivity index (χ3n) is 2.33. The Balaban J connectivity index is 2.45. The van der Waals surface area contributed by atoms with Gasteiger partial charge in [0, 0.05) is 6.54 Å². The van der Waals surface area contributed by atoms with Crippen molar-refractivity contribution in [3.05, 3.63) is 0 Å². The topological polar surface area (TPSA) is 67.9 Å². The zero-order chi connectivity index (χ0) is 14.8. The molecule has 0 aromatic rings. The number of nitrogens with one attached hydrogen (secondary N) is 1. The molecular formula is C13H24N2O4. The fraction of sp³-hybridized carbons (Fsp3) is 0.846. The Kier molecular flexibility index (Phi) is 4.45. The van der Waals surface area contributed by atoms with Crippen molar-refractivity contribution in [3.63, 3.8) is 0 Å². The van der Waals surface area contributed by atoms with Gasteiger partial charge in [-0.25, -0.2) is 9.80 Å². The molecule has 1 atom stereocenters. The molecule has 0 saturated carbocycles. The van der Waals surface area contributed by atoms with Crippen LogP contribution >= 0.6 is 0 Å². The van der Waals surface area contributed by atoms with Crippen LogP contribution in [-0.4, -0.2) is 40.9 Å². The van der Waals surface area contributed by atoms with Crippen molar-refractivity contribution in [3.8, 4) is 0 Å². The van der Waals surface area contributed by atoms with Gasteiger partial charge in [0.05, 0.1) is 0 Å². The second-order valence-electron chi connectivity index (χ2n) is 6.65. The first-order chi connectivity index (χ1) is 8.48. The number of hydrogen-bond acceptors (Lipinski definition) is 5. The van der Waals surface area contributed by atoms with E-state index < -0.39 is 23.3 Å². The standard InChI is InChI=1S/C13H24N2O4/c1-12(2,3)18-10(16)9-7-8-15(9)14-11(17)19-13(4,5)6/h9H,7-8H2,1-6H3,(H,14,17)/t9-/m0/s1. The van der Waals surface area contributed by atoms with Crippen molar-refractivity contribution in [2.75, 3.05) is 6.54 Å². The molecule has 1 amide bonds. The van der Waals surface area contributed by atoms with E-state index in [1.807, 2.05) is 20.8 Å². The molecule has 1 rings (SSSR count). The van der Waals surface area contributed by atoms with Gasteiger partial charge in [-0.2, -0.15) is 0 Å². The van der Waals surface area contributed by atoms with Gasteiger partial charge < -0.3 is 9.47 Å². The SMILES string of the molecule is CC(C)(C)OC(=O)NN1CC[C@H]1C(=O)OC(C)(C)C. The first-order valence-electron chi connectivity index (χ1n) is 6.47. The predicted molar refractivity (Wildman–Crippen MR) is 70.3 cm³/mol. The minimum absolute atomic E-state index is 0.324. The third-order valence-corrected chi connectivity index (χ3v) is 2.33. The van der Waals surface area contributed by atoms with E-state index in [0.717, 1.165) is 0 Å². The summed E-state index contributed by atoms with van der Waals surface area (Å²) in [6, 6.07) is -0.424. The summed E-state index contributed by atoms with van der Waals surface area (Å²) < 4.78 is 10.4. The normalized spacial score (nSPS) is 20.4. The van der Waals surface area contributed by atoms with Gasteiger partial charge in [0.2, 0.25) is 0 Å². The zero-order valence-corrected chi connectivity index (χ0v) is 12.6. The molecule has 1 aliphatic rings. The van der Waals surface area contributed by atoms with Crippen LogP contribution in [0, 0.1) is 0 Å². The summed E-state index contributed by atoms with van der Waals surface area (Å²) in [4.78, 5) is 23.5. The van der Waals surface area contributed by atoms with E-state index in [4.69, 9.17) is 9.47 Å². The maximum absolute atomic E-state index is 11.9. The summed E-state index contributed by atoms with van der Waals surface area (Å²) in [5.74, 6) is -0.324. The molecule has 1 heterocycles. The minimum Gasteiger partial charge on any atom is -0.459 e. The smallest absolute Gasteiger partial charge is 0.422 e. The van der Waals surface area contributed by atoms with Gasteiger partial charge in [0.1, 0.15) is 17.2 Å². The minimum atomic E-state index is -0.559. The molecule has 0 unspecified atom stereocenters. The van der Waals surface area contributed by atoms with Crippen LogP contribution in [0.5, 0.6) is 0 Å². The van der Waals surface area contributed by atoms with Gasteiger partial charge in [-0.3, -0.25) is 10.2 Å². The Bertz CT molecular complexity index is 355. The highest BCUT2D eigenvalue weighted by molar-refractivity contribution is 5.78. The van der Waals surface area contributed by atoms with Crippen molar-refractivity contribution in [1.29, 1.82) is 0 Å². The van der Waals surface area contributed by atoms with Gasteiger partial charge in [-0.15, -0.1) is 0 Å². The fourth-order valence-corrected chi connectivity index (χ4v) is 1.55. The Morgan fingerprint density at radius 3 is 1.95 bits per heavy atom. The second-order valence-corrected chi connectivity index (χ2v) is 6.65. The van der Waals surface area contributed by atoms with Gasteiger partial charge in [0.15, 0.2) is 0 Å². The lowest BCUT2D eigenvalue weighted by atomic mass is 10.1. The molecule has 19 heavy (non-hydrogen) atoms. The lowest BCUT2D eigenvalue weighted by Gasteiger charge is -2.39. The van der Waals surface area contributed by atoms with E-state index in [2.05, 4.69) is 5.43 Å². The highest BCUT2D eigenvalue weighted by atomic mass is 16.6. The van der Waals surface area contributed by atoms with E-state index in [1.54, 1.807) is 25.8 Å². The summed E-state index contributed by atoms with van der Waals surface area (Å²) >= 11 is 0. The van der Waals surface area contributed by atoms with Crippen LogP contribution in [0.4, 0.5) is 4.79 Å². The van der Waals surface area contributed by atoms with Crippen molar-refractivity contribution < 1.29 is 19.1 Å². The van der Waals surface area contributed by atoms with Crippen LogP contribution in [0.15, 0.2) is 0 Å². The first-order valence-corrected chi connectivity index (χ1v) is 6.47. The van der Waals surface area contributed by atoms with E-state index in [0.29, 0.717) is 13.0 Å². The Hall–Kier alpha value is -1.30. The maximum atomic E-state index is 11.9. The van der Waals surface area contributed by atoms with E-state index in [1.165, 1.54) is 0 Å². The number of rotatable bonds is 2. The van der Waals surface area contributed by atoms with Crippen LogP contribution < -0.4 is 5.43 Å². The van der Waals surface area contributed by atoms with Gasteiger partial charge in [0.25, 0.3) is 0 Å². The number of hydrogen-bond donors (Lipinski definition) is 1. The Labute approximate surface area is 114 Å². The molecular weight excluding hydrogens is 248 g/mol. The first kappa shape index (κ1) is 15.8. The molecule has 0 radical (unpaired) electrons. The molecule has 6 nitrogen and oxygen atoms in total. The number of carbonyl (C=O) groups excluding carboxylic acids is 2. The van der Waals surface area contributed by atoms with Gasteiger partial charge in [-0.1, -0.05) is 0 Å². The fourth-order valence-electron chi connectivity index (χ4n) is 1.55. The molecule has 1 aliphatic heterocycles. The van der Waals surface area contributed by atoms with E-state index in [-0.39, 0.29) is 5.97 Å². The monoisotopic (exact) mass is 272 g/mol. The highest BCUT2D eigenvalue weighted by Gasteiger charge is 2.38. The predicted octanol–water partition coefficient (Wildman–Crippen LogP) is 1.84. The number of ether oxygens (including phenoxy) is 2. The number of esters is 1. The van der Waals surface area contributed by atoms with Crippen LogP contribution in [0.3, 0.4) is 0 Å². The van der Waals surface area contributed by atoms with E-state index in [9.17, 15) is 9.59 Å². The quantitative estimate of drug-likeness (QED) is 0.777. The Morgan fingerprint density at radius 1 is 1.05 bits per heavy atom. The van der Waals surface area contributed by atoms with Crippen LogP contribution in [0.25, 0.3) is 0 Å². The number of hydrazine groups is 1. The van der Waals surface area contributed by atoms with Crippen LogP contribution in [-0.2, 0) is 14.3 Å². The van der Waals surface area contributed by atoms with Crippen molar-refractivity contribution in [2.24, 2.45) is 0 Å². The van der Waals surface area contributed by atoms with E-state index >= 15 is 0 Å². The van der Waals surface area contributed by atoms with Crippen molar-refractivity contribution in [2.45, 2.75) is 65.2 Å².